The van der Waals surface area contributed by atoms with E-state index in [1.54, 1.807) is 6.07 Å². The van der Waals surface area contributed by atoms with E-state index in [1.807, 2.05) is 0 Å². The molecule has 0 aliphatic carbocycles. The number of hydrogen-bond donors (Lipinski definition) is 1. The lowest BCUT2D eigenvalue weighted by molar-refractivity contribution is -0.384. The Labute approximate surface area is 142 Å². The highest BCUT2D eigenvalue weighted by molar-refractivity contribution is 5.94. The Morgan fingerprint density at radius 3 is 2.52 bits per heavy atom. The summed E-state index contributed by atoms with van der Waals surface area (Å²) >= 11 is 0. The number of carbonyl (C=O) groups excluding carboxylic acids is 2. The Hall–Kier alpha value is -3.29. The van der Waals surface area contributed by atoms with Gasteiger partial charge in [-0.25, -0.2) is 4.39 Å². The molecule has 7 nitrogen and oxygen atoms in total. The van der Waals surface area contributed by atoms with Crippen molar-refractivity contribution < 1.29 is 23.6 Å². The van der Waals surface area contributed by atoms with Gasteiger partial charge in [0.2, 0.25) is 0 Å². The molecule has 0 aromatic heterocycles. The van der Waals surface area contributed by atoms with Gasteiger partial charge in [-0.1, -0.05) is 12.1 Å². The van der Waals surface area contributed by atoms with Crippen LogP contribution < -0.4 is 5.32 Å². The number of nitro benzene ring substituents is 1. The van der Waals surface area contributed by atoms with Crippen molar-refractivity contribution in [2.45, 2.75) is 13.0 Å². The molecule has 8 heteroatoms. The van der Waals surface area contributed by atoms with E-state index in [-0.39, 0.29) is 30.8 Å². The standard InChI is InChI=1S/C17H15FN2O5/c18-14-3-1-2-12(10-14)11-25-16(21)8-9-19-17(22)13-4-6-15(7-5-13)20(23)24/h1-7,10H,8-9,11H2,(H,19,22). The van der Waals surface area contributed by atoms with E-state index in [0.29, 0.717) is 5.56 Å². The third-order valence-electron chi connectivity index (χ3n) is 3.24. The predicted molar refractivity (Wildman–Crippen MR) is 86.2 cm³/mol. The Morgan fingerprint density at radius 1 is 1.16 bits per heavy atom. The van der Waals surface area contributed by atoms with E-state index in [4.69, 9.17) is 4.74 Å². The lowest BCUT2D eigenvalue weighted by atomic mass is 10.2. The molecule has 0 unspecified atom stereocenters. The first-order valence-corrected chi connectivity index (χ1v) is 7.38. The maximum absolute atomic E-state index is 13.0. The summed E-state index contributed by atoms with van der Waals surface area (Å²) in [7, 11) is 0. The summed E-state index contributed by atoms with van der Waals surface area (Å²) in [6.45, 7) is 0.00466. The molecule has 0 bridgehead atoms. The minimum atomic E-state index is -0.559. The summed E-state index contributed by atoms with van der Waals surface area (Å²) in [6.07, 6.45) is -0.0476. The van der Waals surface area contributed by atoms with E-state index in [2.05, 4.69) is 5.32 Å². The van der Waals surface area contributed by atoms with Crippen molar-refractivity contribution in [2.75, 3.05) is 6.54 Å². The highest BCUT2D eigenvalue weighted by atomic mass is 19.1. The first kappa shape index (κ1) is 18.1. The maximum atomic E-state index is 13.0. The third-order valence-corrected chi connectivity index (χ3v) is 3.24. The Balaban J connectivity index is 1.73. The van der Waals surface area contributed by atoms with Gasteiger partial charge in [0.25, 0.3) is 11.6 Å². The zero-order chi connectivity index (χ0) is 18.2. The van der Waals surface area contributed by atoms with Crippen LogP contribution in [0.3, 0.4) is 0 Å². The van der Waals surface area contributed by atoms with Crippen LogP contribution in [0.1, 0.15) is 22.3 Å². The fourth-order valence-corrected chi connectivity index (χ4v) is 1.98. The number of nitro groups is 1. The second-order valence-corrected chi connectivity index (χ2v) is 5.10. The van der Waals surface area contributed by atoms with Crippen molar-refractivity contribution in [3.8, 4) is 0 Å². The van der Waals surface area contributed by atoms with Gasteiger partial charge in [0.15, 0.2) is 0 Å². The van der Waals surface area contributed by atoms with E-state index >= 15 is 0 Å². The number of nitrogens with one attached hydrogen (secondary N) is 1. The highest BCUT2D eigenvalue weighted by Gasteiger charge is 2.10. The Kier molecular flexibility index (Phi) is 6.16. The van der Waals surface area contributed by atoms with E-state index < -0.39 is 22.6 Å². The average molecular weight is 346 g/mol. The number of rotatable bonds is 7. The molecule has 0 aliphatic rings. The van der Waals surface area contributed by atoms with Crippen LogP contribution in [0.5, 0.6) is 0 Å². The normalized spacial score (nSPS) is 10.1. The van der Waals surface area contributed by atoms with Crippen LogP contribution in [0.4, 0.5) is 10.1 Å². The van der Waals surface area contributed by atoms with Crippen LogP contribution in [0.2, 0.25) is 0 Å². The summed E-state index contributed by atoms with van der Waals surface area (Å²) in [6, 6.07) is 10.8. The molecular weight excluding hydrogens is 331 g/mol. The third kappa shape index (κ3) is 5.69. The summed E-state index contributed by atoms with van der Waals surface area (Å²) in [5.41, 5.74) is 0.666. The number of non-ortho nitro benzene ring substituents is 1. The van der Waals surface area contributed by atoms with Gasteiger partial charge in [-0.15, -0.1) is 0 Å². The molecule has 2 rings (SSSR count). The van der Waals surface area contributed by atoms with Gasteiger partial charge in [0.1, 0.15) is 12.4 Å². The number of ether oxygens (including phenoxy) is 1. The van der Waals surface area contributed by atoms with E-state index in [9.17, 15) is 24.1 Å². The van der Waals surface area contributed by atoms with Gasteiger partial charge in [-0.05, 0) is 29.8 Å². The van der Waals surface area contributed by atoms with Crippen LogP contribution in [-0.2, 0) is 16.1 Å². The molecule has 0 radical (unpaired) electrons. The molecule has 0 saturated heterocycles. The molecule has 1 amide bonds. The molecule has 1 N–H and O–H groups in total. The van der Waals surface area contributed by atoms with E-state index in [1.165, 1.54) is 42.5 Å². The van der Waals surface area contributed by atoms with Crippen molar-refractivity contribution in [3.05, 3.63) is 75.6 Å². The lowest BCUT2D eigenvalue weighted by Gasteiger charge is -2.07. The summed E-state index contributed by atoms with van der Waals surface area (Å²) in [5.74, 6) is -1.40. The number of benzene rings is 2. The Morgan fingerprint density at radius 2 is 1.88 bits per heavy atom. The second-order valence-electron chi connectivity index (χ2n) is 5.10. The fraction of sp³-hybridized carbons (Fsp3) is 0.176. The molecular formula is C17H15FN2O5. The van der Waals surface area contributed by atoms with Gasteiger partial charge >= 0.3 is 5.97 Å². The Bertz CT molecular complexity index is 777. The SMILES string of the molecule is O=C(CCNC(=O)c1ccc([N+](=O)[O-])cc1)OCc1cccc(F)c1. The quantitative estimate of drug-likeness (QED) is 0.472. The van der Waals surface area contributed by atoms with Crippen LogP contribution >= 0.6 is 0 Å². The molecule has 0 aliphatic heterocycles. The number of nitrogens with zero attached hydrogens (tertiary/aromatic N) is 1. The molecule has 2 aromatic rings. The number of hydrogen-bond acceptors (Lipinski definition) is 5. The lowest BCUT2D eigenvalue weighted by Crippen LogP contribution is -2.26. The van der Waals surface area contributed by atoms with Gasteiger partial charge < -0.3 is 10.1 Å². The monoisotopic (exact) mass is 346 g/mol. The van der Waals surface area contributed by atoms with Crippen molar-refractivity contribution in [3.63, 3.8) is 0 Å². The van der Waals surface area contributed by atoms with Gasteiger partial charge in [0, 0.05) is 24.2 Å². The van der Waals surface area contributed by atoms with Crippen LogP contribution in [0, 0.1) is 15.9 Å². The molecule has 25 heavy (non-hydrogen) atoms. The predicted octanol–water partition coefficient (Wildman–Crippen LogP) is 2.60. The first-order valence-electron chi connectivity index (χ1n) is 7.38. The summed E-state index contributed by atoms with van der Waals surface area (Å²) in [5, 5.41) is 13.1. The molecule has 0 atom stereocenters. The highest BCUT2D eigenvalue weighted by Crippen LogP contribution is 2.11. The summed E-state index contributed by atoms with van der Waals surface area (Å²) < 4.78 is 18.0. The van der Waals surface area contributed by atoms with E-state index in [0.717, 1.165) is 0 Å². The topological polar surface area (TPSA) is 98.5 Å². The van der Waals surface area contributed by atoms with Gasteiger partial charge in [-0.3, -0.25) is 19.7 Å². The van der Waals surface area contributed by atoms with Gasteiger partial charge in [0.05, 0.1) is 11.3 Å². The van der Waals surface area contributed by atoms with Crippen molar-refractivity contribution in [1.82, 2.24) is 5.32 Å². The van der Waals surface area contributed by atoms with Crippen molar-refractivity contribution in [1.29, 1.82) is 0 Å². The minimum Gasteiger partial charge on any atom is -0.461 e. The molecule has 2 aromatic carbocycles. The summed E-state index contributed by atoms with van der Waals surface area (Å²) in [4.78, 5) is 33.4. The zero-order valence-electron chi connectivity index (χ0n) is 13.1. The number of halogens is 1. The number of esters is 1. The van der Waals surface area contributed by atoms with Crippen molar-refractivity contribution >= 4 is 17.6 Å². The number of amides is 1. The van der Waals surface area contributed by atoms with Crippen LogP contribution in [0.25, 0.3) is 0 Å². The maximum Gasteiger partial charge on any atom is 0.307 e. The first-order chi connectivity index (χ1) is 12.0. The van der Waals surface area contributed by atoms with Crippen molar-refractivity contribution in [2.24, 2.45) is 0 Å². The minimum absolute atomic E-state index is 0.0476. The smallest absolute Gasteiger partial charge is 0.307 e. The largest absolute Gasteiger partial charge is 0.461 e. The molecule has 0 heterocycles. The van der Waals surface area contributed by atoms with Crippen LogP contribution in [-0.4, -0.2) is 23.3 Å². The molecule has 0 spiro atoms. The second kappa shape index (κ2) is 8.53. The van der Waals surface area contributed by atoms with Crippen LogP contribution in [0.15, 0.2) is 48.5 Å². The molecule has 0 fully saturated rings. The fourth-order valence-electron chi connectivity index (χ4n) is 1.98. The number of carbonyl (C=O) groups is 2. The zero-order valence-corrected chi connectivity index (χ0v) is 13.1. The average Bonchev–Trinajstić information content (AvgIpc) is 2.60. The molecule has 130 valence electrons. The van der Waals surface area contributed by atoms with Gasteiger partial charge in [-0.2, -0.15) is 0 Å². The molecule has 0 saturated carbocycles.